The molecule has 2 unspecified atom stereocenters. The summed E-state index contributed by atoms with van der Waals surface area (Å²) in [6, 6.07) is 3.59. The van der Waals surface area contributed by atoms with Crippen molar-refractivity contribution in [3.8, 4) is 0 Å². The summed E-state index contributed by atoms with van der Waals surface area (Å²) in [6.45, 7) is 7.59. The highest BCUT2D eigenvalue weighted by atomic mass is 16.5. The van der Waals surface area contributed by atoms with Gasteiger partial charge in [0.25, 0.3) is 0 Å². The molecule has 0 spiro atoms. The van der Waals surface area contributed by atoms with Crippen LogP contribution in [0.2, 0.25) is 0 Å². The Morgan fingerprint density at radius 1 is 1.61 bits per heavy atom. The monoisotopic (exact) mass is 251 g/mol. The van der Waals surface area contributed by atoms with Crippen molar-refractivity contribution in [1.82, 2.24) is 5.32 Å². The van der Waals surface area contributed by atoms with Crippen LogP contribution in [0.5, 0.6) is 0 Å². The maximum Gasteiger partial charge on any atom is 0.373 e. The van der Waals surface area contributed by atoms with Gasteiger partial charge in [0, 0.05) is 0 Å². The minimum atomic E-state index is -0.434. The van der Waals surface area contributed by atoms with Crippen molar-refractivity contribution in [2.75, 3.05) is 13.7 Å². The summed E-state index contributed by atoms with van der Waals surface area (Å²) in [5.74, 6) is 1.34. The van der Waals surface area contributed by atoms with Gasteiger partial charge in [-0.3, -0.25) is 0 Å². The zero-order valence-corrected chi connectivity index (χ0v) is 11.4. The van der Waals surface area contributed by atoms with Gasteiger partial charge in [-0.05, 0) is 43.4 Å². The maximum atomic E-state index is 11.3. The average molecular weight is 251 g/mol. The Bertz CT molecular complexity index is 436. The van der Waals surface area contributed by atoms with E-state index in [0.29, 0.717) is 5.41 Å². The molecule has 2 atom stereocenters. The van der Waals surface area contributed by atoms with E-state index >= 15 is 0 Å². The summed E-state index contributed by atoms with van der Waals surface area (Å²) in [5.41, 5.74) is 0.479. The third kappa shape index (κ3) is 2.75. The molecule has 1 N–H and O–H groups in total. The Hall–Kier alpha value is -1.29. The van der Waals surface area contributed by atoms with Crippen molar-refractivity contribution < 1.29 is 13.9 Å². The number of carbonyl (C=O) groups excluding carboxylic acids is 1. The number of hydrogen-bond donors (Lipinski definition) is 1. The predicted molar refractivity (Wildman–Crippen MR) is 68.4 cm³/mol. The van der Waals surface area contributed by atoms with Crippen LogP contribution in [0.25, 0.3) is 0 Å². The summed E-state index contributed by atoms with van der Waals surface area (Å²) in [4.78, 5) is 11.3. The molecule has 0 radical (unpaired) electrons. The largest absolute Gasteiger partial charge is 0.463 e. The minimum Gasteiger partial charge on any atom is -0.463 e. The van der Waals surface area contributed by atoms with E-state index in [1.54, 1.807) is 6.07 Å². The minimum absolute atomic E-state index is 0.111. The molecular weight excluding hydrogens is 230 g/mol. The molecule has 1 saturated carbocycles. The fourth-order valence-electron chi connectivity index (χ4n) is 2.14. The van der Waals surface area contributed by atoms with Crippen LogP contribution >= 0.6 is 0 Å². The van der Waals surface area contributed by atoms with Crippen LogP contribution in [0, 0.1) is 11.3 Å². The van der Waals surface area contributed by atoms with Crippen LogP contribution in [0.1, 0.15) is 49.5 Å². The SMILES string of the molecule is COC(=O)c1ccc(C(C)NCC2CC2(C)C)o1. The van der Waals surface area contributed by atoms with E-state index in [2.05, 4.69) is 23.9 Å². The summed E-state index contributed by atoms with van der Waals surface area (Å²) >= 11 is 0. The van der Waals surface area contributed by atoms with E-state index in [4.69, 9.17) is 4.42 Å². The van der Waals surface area contributed by atoms with E-state index in [1.807, 2.05) is 13.0 Å². The highest BCUT2D eigenvalue weighted by Crippen LogP contribution is 2.51. The highest BCUT2D eigenvalue weighted by molar-refractivity contribution is 5.86. The van der Waals surface area contributed by atoms with Crippen LogP contribution in [-0.4, -0.2) is 19.6 Å². The fraction of sp³-hybridized carbons (Fsp3) is 0.643. The van der Waals surface area contributed by atoms with Gasteiger partial charge in [-0.2, -0.15) is 0 Å². The lowest BCUT2D eigenvalue weighted by Crippen LogP contribution is -2.22. The second kappa shape index (κ2) is 4.76. The second-order valence-corrected chi connectivity index (χ2v) is 5.71. The molecule has 4 nitrogen and oxygen atoms in total. The molecule has 1 aromatic rings. The van der Waals surface area contributed by atoms with Gasteiger partial charge in [0.05, 0.1) is 13.2 Å². The summed E-state index contributed by atoms with van der Waals surface area (Å²) < 4.78 is 10.1. The number of hydrogen-bond acceptors (Lipinski definition) is 4. The first-order valence-electron chi connectivity index (χ1n) is 6.35. The zero-order valence-electron chi connectivity index (χ0n) is 11.4. The molecule has 0 amide bonds. The fourth-order valence-corrected chi connectivity index (χ4v) is 2.14. The van der Waals surface area contributed by atoms with E-state index in [-0.39, 0.29) is 11.8 Å². The number of esters is 1. The van der Waals surface area contributed by atoms with Crippen molar-refractivity contribution in [2.24, 2.45) is 11.3 Å². The van der Waals surface area contributed by atoms with Gasteiger partial charge in [-0.15, -0.1) is 0 Å². The van der Waals surface area contributed by atoms with Crippen LogP contribution < -0.4 is 5.32 Å². The lowest BCUT2D eigenvalue weighted by molar-refractivity contribution is 0.0562. The molecule has 1 fully saturated rings. The highest BCUT2D eigenvalue weighted by Gasteiger charge is 2.45. The molecule has 1 aromatic heterocycles. The predicted octanol–water partition coefficient (Wildman–Crippen LogP) is 2.76. The van der Waals surface area contributed by atoms with Crippen molar-refractivity contribution in [1.29, 1.82) is 0 Å². The standard InChI is InChI=1S/C14H21NO3/c1-9(15-8-10-7-14(10,2)3)11-5-6-12(18-11)13(16)17-4/h5-6,9-10,15H,7-8H2,1-4H3. The first-order valence-corrected chi connectivity index (χ1v) is 6.35. The normalized spacial score (nSPS) is 22.6. The maximum absolute atomic E-state index is 11.3. The van der Waals surface area contributed by atoms with E-state index < -0.39 is 5.97 Å². The molecule has 0 saturated heterocycles. The van der Waals surface area contributed by atoms with Gasteiger partial charge in [-0.1, -0.05) is 13.8 Å². The molecular formula is C14H21NO3. The number of rotatable bonds is 5. The molecule has 0 aromatic carbocycles. The van der Waals surface area contributed by atoms with E-state index in [1.165, 1.54) is 13.5 Å². The Labute approximate surface area is 108 Å². The van der Waals surface area contributed by atoms with Crippen LogP contribution in [-0.2, 0) is 4.74 Å². The quantitative estimate of drug-likeness (QED) is 0.817. The number of carbonyl (C=O) groups is 1. The van der Waals surface area contributed by atoms with Gasteiger partial charge in [-0.25, -0.2) is 4.79 Å². The Kier molecular flexibility index (Phi) is 3.48. The van der Waals surface area contributed by atoms with Gasteiger partial charge >= 0.3 is 5.97 Å². The summed E-state index contributed by atoms with van der Waals surface area (Å²) in [6.07, 6.45) is 1.28. The average Bonchev–Trinajstić information content (AvgIpc) is 2.79. The van der Waals surface area contributed by atoms with Gasteiger partial charge in [0.1, 0.15) is 5.76 Å². The first-order chi connectivity index (χ1) is 8.44. The van der Waals surface area contributed by atoms with E-state index in [9.17, 15) is 4.79 Å². The number of ether oxygens (including phenoxy) is 1. The molecule has 1 aliphatic carbocycles. The van der Waals surface area contributed by atoms with Crippen molar-refractivity contribution in [3.05, 3.63) is 23.7 Å². The Balaban J connectivity index is 1.87. The molecule has 1 aliphatic rings. The molecule has 100 valence electrons. The number of methoxy groups -OCH3 is 1. The van der Waals surface area contributed by atoms with Gasteiger partial charge in [0.15, 0.2) is 0 Å². The van der Waals surface area contributed by atoms with Crippen molar-refractivity contribution in [3.63, 3.8) is 0 Å². The zero-order chi connectivity index (χ0) is 13.3. The summed E-state index contributed by atoms with van der Waals surface area (Å²) in [7, 11) is 1.35. The Morgan fingerprint density at radius 2 is 2.28 bits per heavy atom. The van der Waals surface area contributed by atoms with Crippen molar-refractivity contribution in [2.45, 2.75) is 33.2 Å². The lowest BCUT2D eigenvalue weighted by atomic mass is 10.1. The molecule has 2 rings (SSSR count). The third-order valence-corrected chi connectivity index (χ3v) is 3.83. The second-order valence-electron chi connectivity index (χ2n) is 5.71. The topological polar surface area (TPSA) is 51.5 Å². The van der Waals surface area contributed by atoms with Gasteiger partial charge in [0.2, 0.25) is 5.76 Å². The van der Waals surface area contributed by atoms with Crippen LogP contribution in [0.4, 0.5) is 0 Å². The molecule has 0 aliphatic heterocycles. The lowest BCUT2D eigenvalue weighted by Gasteiger charge is -2.12. The summed E-state index contributed by atoms with van der Waals surface area (Å²) in [5, 5.41) is 3.44. The van der Waals surface area contributed by atoms with Gasteiger partial charge < -0.3 is 14.5 Å². The smallest absolute Gasteiger partial charge is 0.373 e. The molecule has 1 heterocycles. The number of nitrogens with one attached hydrogen (secondary N) is 1. The molecule has 4 heteroatoms. The van der Waals surface area contributed by atoms with E-state index in [0.717, 1.165) is 18.2 Å². The molecule has 18 heavy (non-hydrogen) atoms. The Morgan fingerprint density at radius 3 is 2.83 bits per heavy atom. The van der Waals surface area contributed by atoms with Crippen LogP contribution in [0.15, 0.2) is 16.5 Å². The first kappa shape index (κ1) is 13.1. The van der Waals surface area contributed by atoms with Crippen molar-refractivity contribution >= 4 is 5.97 Å². The third-order valence-electron chi connectivity index (χ3n) is 3.83. The van der Waals surface area contributed by atoms with Crippen LogP contribution in [0.3, 0.4) is 0 Å². The number of furan rings is 1. The molecule has 0 bridgehead atoms.